The first-order valence-electron chi connectivity index (χ1n) is 9.41. The molecular formula is C19H28N2O5S. The zero-order valence-corrected chi connectivity index (χ0v) is 17.0. The van der Waals surface area contributed by atoms with Crippen molar-refractivity contribution in [3.63, 3.8) is 0 Å². The molecule has 0 aromatic heterocycles. The van der Waals surface area contributed by atoms with Gasteiger partial charge in [0.05, 0.1) is 14.2 Å². The predicted molar refractivity (Wildman–Crippen MR) is 101 cm³/mol. The molecule has 0 bridgehead atoms. The van der Waals surface area contributed by atoms with Crippen LogP contribution in [0.15, 0.2) is 23.1 Å². The van der Waals surface area contributed by atoms with E-state index in [2.05, 4.69) is 6.92 Å². The second-order valence-electron chi connectivity index (χ2n) is 7.30. The minimum atomic E-state index is -3.84. The molecule has 8 heteroatoms. The minimum absolute atomic E-state index is 0.0674. The number of hydrogen-bond donors (Lipinski definition) is 0. The average Bonchev–Trinajstić information content (AvgIpc) is 3.18. The molecule has 0 aliphatic carbocycles. The topological polar surface area (TPSA) is 76.2 Å². The van der Waals surface area contributed by atoms with Crippen molar-refractivity contribution in [2.24, 2.45) is 5.92 Å². The predicted octanol–water partition coefficient (Wildman–Crippen LogP) is 2.12. The summed E-state index contributed by atoms with van der Waals surface area (Å²) in [5.41, 5.74) is 0. The molecule has 1 aromatic carbocycles. The summed E-state index contributed by atoms with van der Waals surface area (Å²) in [6, 6.07) is 3.99. The molecule has 2 aliphatic rings. The molecule has 0 spiro atoms. The number of carbonyl (C=O) groups is 1. The molecule has 7 nitrogen and oxygen atoms in total. The number of benzene rings is 1. The van der Waals surface area contributed by atoms with Gasteiger partial charge in [0.2, 0.25) is 15.9 Å². The smallest absolute Gasteiger partial charge is 0.247 e. The number of hydrogen-bond acceptors (Lipinski definition) is 5. The second kappa shape index (κ2) is 8.06. The first kappa shape index (κ1) is 19.9. The van der Waals surface area contributed by atoms with Crippen LogP contribution in [0, 0.1) is 5.92 Å². The van der Waals surface area contributed by atoms with E-state index >= 15 is 0 Å². The van der Waals surface area contributed by atoms with E-state index in [1.807, 2.05) is 4.90 Å². The van der Waals surface area contributed by atoms with Crippen molar-refractivity contribution in [1.29, 1.82) is 0 Å². The van der Waals surface area contributed by atoms with Gasteiger partial charge in [-0.1, -0.05) is 6.92 Å². The lowest BCUT2D eigenvalue weighted by Gasteiger charge is -2.34. The molecule has 0 radical (unpaired) electrons. The Kier molecular flexibility index (Phi) is 5.95. The number of carbonyl (C=O) groups excluding carboxylic acids is 1. The van der Waals surface area contributed by atoms with Gasteiger partial charge in [0.15, 0.2) is 0 Å². The molecule has 2 fully saturated rings. The van der Waals surface area contributed by atoms with Crippen molar-refractivity contribution in [1.82, 2.24) is 9.21 Å². The Morgan fingerprint density at radius 1 is 1.07 bits per heavy atom. The maximum Gasteiger partial charge on any atom is 0.247 e. The van der Waals surface area contributed by atoms with Crippen LogP contribution in [0.1, 0.15) is 32.6 Å². The van der Waals surface area contributed by atoms with Crippen LogP contribution in [0.5, 0.6) is 11.5 Å². The highest BCUT2D eigenvalue weighted by atomic mass is 32.2. The van der Waals surface area contributed by atoms with Crippen molar-refractivity contribution in [2.75, 3.05) is 33.9 Å². The Hall–Kier alpha value is -1.80. The number of amides is 1. The van der Waals surface area contributed by atoms with E-state index in [1.54, 1.807) is 12.1 Å². The van der Waals surface area contributed by atoms with Crippen LogP contribution < -0.4 is 9.47 Å². The fourth-order valence-corrected chi connectivity index (χ4v) is 5.62. The fraction of sp³-hybridized carbons (Fsp3) is 0.632. The maximum absolute atomic E-state index is 13.3. The van der Waals surface area contributed by atoms with Gasteiger partial charge in [0.1, 0.15) is 22.4 Å². The normalized spacial score (nSPS) is 22.0. The molecule has 2 heterocycles. The molecule has 0 saturated carbocycles. The molecule has 1 amide bonds. The molecule has 0 N–H and O–H groups in total. The van der Waals surface area contributed by atoms with Gasteiger partial charge in [-0.25, -0.2) is 8.42 Å². The van der Waals surface area contributed by atoms with E-state index in [0.717, 1.165) is 12.8 Å². The Morgan fingerprint density at radius 2 is 1.78 bits per heavy atom. The quantitative estimate of drug-likeness (QED) is 0.762. The Labute approximate surface area is 161 Å². The van der Waals surface area contributed by atoms with Crippen molar-refractivity contribution in [3.8, 4) is 11.5 Å². The SMILES string of the molecule is COc1ccc(S(=O)(=O)N2CCC[C@H]2C(=O)N2CCC(C)CC2)c(OC)c1. The molecule has 2 aliphatic heterocycles. The van der Waals surface area contributed by atoms with Gasteiger partial charge in [-0.3, -0.25) is 4.79 Å². The molecule has 3 rings (SSSR count). The average molecular weight is 397 g/mol. The zero-order valence-electron chi connectivity index (χ0n) is 16.2. The van der Waals surface area contributed by atoms with E-state index in [1.165, 1.54) is 24.6 Å². The van der Waals surface area contributed by atoms with Crippen molar-refractivity contribution in [3.05, 3.63) is 18.2 Å². The third-order valence-electron chi connectivity index (χ3n) is 5.54. The molecule has 150 valence electrons. The highest BCUT2D eigenvalue weighted by molar-refractivity contribution is 7.89. The summed E-state index contributed by atoms with van der Waals surface area (Å²) in [6.07, 6.45) is 3.18. The Morgan fingerprint density at radius 3 is 2.41 bits per heavy atom. The standard InChI is InChI=1S/C19H28N2O5S/c1-14-8-11-20(12-9-14)19(22)16-5-4-10-21(16)27(23,24)18-7-6-15(25-2)13-17(18)26-3/h6-7,13-14,16H,4-5,8-12H2,1-3H3/t16-/m0/s1. The third-order valence-corrected chi connectivity index (χ3v) is 7.49. The van der Waals surface area contributed by atoms with E-state index in [-0.39, 0.29) is 16.6 Å². The highest BCUT2D eigenvalue weighted by Gasteiger charge is 2.42. The van der Waals surface area contributed by atoms with Gasteiger partial charge >= 0.3 is 0 Å². The fourth-order valence-electron chi connectivity index (χ4n) is 3.83. The number of piperidine rings is 1. The maximum atomic E-state index is 13.3. The first-order chi connectivity index (χ1) is 12.9. The van der Waals surface area contributed by atoms with Gasteiger partial charge in [0.25, 0.3) is 0 Å². The van der Waals surface area contributed by atoms with Gasteiger partial charge in [-0.2, -0.15) is 4.31 Å². The second-order valence-corrected chi connectivity index (χ2v) is 9.16. The largest absolute Gasteiger partial charge is 0.497 e. The van der Waals surface area contributed by atoms with Gasteiger partial charge in [0, 0.05) is 25.7 Å². The van der Waals surface area contributed by atoms with Crippen molar-refractivity contribution < 1.29 is 22.7 Å². The third kappa shape index (κ3) is 3.91. The Bertz CT molecular complexity index is 787. The molecule has 0 unspecified atom stereocenters. The molecule has 1 aromatic rings. The summed E-state index contributed by atoms with van der Waals surface area (Å²) in [5, 5.41) is 0. The molecule has 2 saturated heterocycles. The number of likely N-dealkylation sites (tertiary alicyclic amines) is 1. The lowest BCUT2D eigenvalue weighted by Crippen LogP contribution is -2.49. The summed E-state index contributed by atoms with van der Waals surface area (Å²) in [6.45, 7) is 3.94. The van der Waals surface area contributed by atoms with Crippen LogP contribution in [0.25, 0.3) is 0 Å². The minimum Gasteiger partial charge on any atom is -0.497 e. The van der Waals surface area contributed by atoms with E-state index in [9.17, 15) is 13.2 Å². The number of rotatable bonds is 5. The lowest BCUT2D eigenvalue weighted by atomic mass is 9.98. The van der Waals surface area contributed by atoms with Crippen LogP contribution >= 0.6 is 0 Å². The van der Waals surface area contributed by atoms with Crippen LogP contribution in [-0.2, 0) is 14.8 Å². The summed E-state index contributed by atoms with van der Waals surface area (Å²) < 4.78 is 38.4. The van der Waals surface area contributed by atoms with Gasteiger partial charge in [-0.05, 0) is 43.7 Å². The van der Waals surface area contributed by atoms with Crippen LogP contribution in [0.2, 0.25) is 0 Å². The number of methoxy groups -OCH3 is 2. The van der Waals surface area contributed by atoms with E-state index in [0.29, 0.717) is 44.1 Å². The van der Waals surface area contributed by atoms with E-state index in [4.69, 9.17) is 9.47 Å². The lowest BCUT2D eigenvalue weighted by molar-refractivity contribution is -0.135. The number of ether oxygens (including phenoxy) is 2. The van der Waals surface area contributed by atoms with Crippen LogP contribution in [0.4, 0.5) is 0 Å². The zero-order chi connectivity index (χ0) is 19.6. The number of sulfonamides is 1. The van der Waals surface area contributed by atoms with Crippen LogP contribution in [-0.4, -0.2) is 63.4 Å². The van der Waals surface area contributed by atoms with E-state index < -0.39 is 16.1 Å². The summed E-state index contributed by atoms with van der Waals surface area (Å²) in [4.78, 5) is 14.9. The van der Waals surface area contributed by atoms with Crippen LogP contribution in [0.3, 0.4) is 0 Å². The molecule has 1 atom stereocenters. The van der Waals surface area contributed by atoms with Crippen molar-refractivity contribution in [2.45, 2.75) is 43.5 Å². The Balaban J connectivity index is 1.86. The van der Waals surface area contributed by atoms with Gasteiger partial charge < -0.3 is 14.4 Å². The summed E-state index contributed by atoms with van der Waals surface area (Å²) in [7, 11) is -0.907. The highest BCUT2D eigenvalue weighted by Crippen LogP contribution is 2.34. The van der Waals surface area contributed by atoms with Gasteiger partial charge in [-0.15, -0.1) is 0 Å². The summed E-state index contributed by atoms with van der Waals surface area (Å²) >= 11 is 0. The van der Waals surface area contributed by atoms with Crippen molar-refractivity contribution >= 4 is 15.9 Å². The monoisotopic (exact) mass is 396 g/mol. The summed E-state index contributed by atoms with van der Waals surface area (Å²) in [5.74, 6) is 1.28. The number of nitrogens with zero attached hydrogens (tertiary/aromatic N) is 2. The molecule has 27 heavy (non-hydrogen) atoms. The first-order valence-corrected chi connectivity index (χ1v) is 10.8. The molecular weight excluding hydrogens is 368 g/mol.